The van der Waals surface area contributed by atoms with E-state index in [2.05, 4.69) is 10.6 Å². The Bertz CT molecular complexity index is 463. The number of amides is 1. The standard InChI is InChI=1S/C16H28N2O4/c1-11(2)14(18-15(20)22-16(3,4)5)9-17-8-12-6-7-13(10-19)21-12/h6-7,11,14,17,19H,8-10H2,1-5H3,(H,18,20). The van der Waals surface area contributed by atoms with E-state index in [4.69, 9.17) is 14.3 Å². The van der Waals surface area contributed by atoms with Gasteiger partial charge in [0.15, 0.2) is 0 Å². The Hall–Kier alpha value is -1.53. The molecular formula is C16H28N2O4. The summed E-state index contributed by atoms with van der Waals surface area (Å²) < 4.78 is 10.7. The van der Waals surface area contributed by atoms with E-state index in [1.807, 2.05) is 40.7 Å². The first kappa shape index (κ1) is 18.5. The summed E-state index contributed by atoms with van der Waals surface area (Å²) in [5.41, 5.74) is -0.506. The predicted octanol–water partition coefficient (Wildman–Crippen LogP) is 2.41. The van der Waals surface area contributed by atoms with Gasteiger partial charge in [0.2, 0.25) is 0 Å². The first-order valence-electron chi connectivity index (χ1n) is 7.60. The van der Waals surface area contributed by atoms with Crippen LogP contribution in [-0.4, -0.2) is 29.4 Å². The fourth-order valence-corrected chi connectivity index (χ4v) is 1.87. The molecule has 0 bridgehead atoms. The molecule has 1 heterocycles. The quantitative estimate of drug-likeness (QED) is 0.720. The predicted molar refractivity (Wildman–Crippen MR) is 84.3 cm³/mol. The monoisotopic (exact) mass is 312 g/mol. The third-order valence-corrected chi connectivity index (χ3v) is 3.04. The van der Waals surface area contributed by atoms with Crippen LogP contribution in [0.2, 0.25) is 0 Å². The zero-order valence-corrected chi connectivity index (χ0v) is 14.1. The summed E-state index contributed by atoms with van der Waals surface area (Å²) in [6.45, 7) is 10.6. The van der Waals surface area contributed by atoms with Gasteiger partial charge in [-0.1, -0.05) is 13.8 Å². The normalized spacial score (nSPS) is 13.2. The number of furan rings is 1. The number of ether oxygens (including phenoxy) is 1. The zero-order chi connectivity index (χ0) is 16.8. The number of aliphatic hydroxyl groups is 1. The van der Waals surface area contributed by atoms with Crippen LogP contribution >= 0.6 is 0 Å². The number of carbonyl (C=O) groups excluding carboxylic acids is 1. The first-order chi connectivity index (χ1) is 10.2. The van der Waals surface area contributed by atoms with Crippen molar-refractivity contribution in [1.82, 2.24) is 10.6 Å². The zero-order valence-electron chi connectivity index (χ0n) is 14.1. The number of hydrogen-bond donors (Lipinski definition) is 3. The van der Waals surface area contributed by atoms with Crippen LogP contribution < -0.4 is 10.6 Å². The van der Waals surface area contributed by atoms with Gasteiger partial charge in [0, 0.05) is 12.6 Å². The summed E-state index contributed by atoms with van der Waals surface area (Å²) in [6, 6.07) is 3.53. The van der Waals surface area contributed by atoms with Gasteiger partial charge in [-0.05, 0) is 38.8 Å². The van der Waals surface area contributed by atoms with Gasteiger partial charge in [-0.15, -0.1) is 0 Å². The SMILES string of the molecule is CC(C)C(CNCc1ccc(CO)o1)NC(=O)OC(C)(C)C. The van der Waals surface area contributed by atoms with Crippen molar-refractivity contribution in [2.45, 2.75) is 59.4 Å². The summed E-state index contributed by atoms with van der Waals surface area (Å²) in [4.78, 5) is 11.8. The maximum absolute atomic E-state index is 11.8. The molecule has 0 aliphatic heterocycles. The molecule has 1 amide bonds. The van der Waals surface area contributed by atoms with Crippen molar-refractivity contribution in [3.63, 3.8) is 0 Å². The van der Waals surface area contributed by atoms with E-state index in [1.165, 1.54) is 0 Å². The van der Waals surface area contributed by atoms with Crippen molar-refractivity contribution in [1.29, 1.82) is 0 Å². The smallest absolute Gasteiger partial charge is 0.407 e. The number of carbonyl (C=O) groups is 1. The lowest BCUT2D eigenvalue weighted by Gasteiger charge is -2.26. The van der Waals surface area contributed by atoms with Crippen LogP contribution in [-0.2, 0) is 17.9 Å². The molecular weight excluding hydrogens is 284 g/mol. The number of hydrogen-bond acceptors (Lipinski definition) is 5. The Morgan fingerprint density at radius 1 is 1.32 bits per heavy atom. The Balaban J connectivity index is 2.42. The van der Waals surface area contributed by atoms with E-state index in [0.29, 0.717) is 18.8 Å². The van der Waals surface area contributed by atoms with Gasteiger partial charge in [-0.2, -0.15) is 0 Å². The average Bonchev–Trinajstić information content (AvgIpc) is 2.83. The van der Waals surface area contributed by atoms with Crippen LogP contribution in [0.25, 0.3) is 0 Å². The van der Waals surface area contributed by atoms with Crippen molar-refractivity contribution < 1.29 is 19.1 Å². The summed E-state index contributed by atoms with van der Waals surface area (Å²) in [5.74, 6) is 1.57. The molecule has 126 valence electrons. The molecule has 0 spiro atoms. The van der Waals surface area contributed by atoms with Crippen molar-refractivity contribution in [3.05, 3.63) is 23.7 Å². The van der Waals surface area contributed by atoms with Gasteiger partial charge in [-0.25, -0.2) is 4.79 Å². The third kappa shape index (κ3) is 6.95. The lowest BCUT2D eigenvalue weighted by atomic mass is 10.0. The Morgan fingerprint density at radius 2 is 1.95 bits per heavy atom. The van der Waals surface area contributed by atoms with Gasteiger partial charge in [0.05, 0.1) is 6.54 Å². The Morgan fingerprint density at radius 3 is 2.45 bits per heavy atom. The largest absolute Gasteiger partial charge is 0.462 e. The van der Waals surface area contributed by atoms with Gasteiger partial charge >= 0.3 is 6.09 Å². The molecule has 6 nitrogen and oxygen atoms in total. The fraction of sp³-hybridized carbons (Fsp3) is 0.688. The van der Waals surface area contributed by atoms with E-state index < -0.39 is 11.7 Å². The van der Waals surface area contributed by atoms with Gasteiger partial charge in [0.25, 0.3) is 0 Å². The minimum atomic E-state index is -0.506. The van der Waals surface area contributed by atoms with Crippen LogP contribution in [0.5, 0.6) is 0 Å². The van der Waals surface area contributed by atoms with Crippen molar-refractivity contribution >= 4 is 6.09 Å². The molecule has 1 aromatic heterocycles. The molecule has 1 rings (SSSR count). The fourth-order valence-electron chi connectivity index (χ4n) is 1.87. The van der Waals surface area contributed by atoms with E-state index in [9.17, 15) is 4.79 Å². The molecule has 22 heavy (non-hydrogen) atoms. The number of nitrogens with one attached hydrogen (secondary N) is 2. The third-order valence-electron chi connectivity index (χ3n) is 3.04. The maximum atomic E-state index is 11.8. The number of rotatable bonds is 7. The molecule has 0 aliphatic rings. The molecule has 0 fully saturated rings. The average molecular weight is 312 g/mol. The maximum Gasteiger partial charge on any atom is 0.407 e. The van der Waals surface area contributed by atoms with Crippen LogP contribution in [0.15, 0.2) is 16.5 Å². The highest BCUT2D eigenvalue weighted by molar-refractivity contribution is 5.68. The molecule has 1 unspecified atom stereocenters. The minimum Gasteiger partial charge on any atom is -0.462 e. The lowest BCUT2D eigenvalue weighted by molar-refractivity contribution is 0.0490. The second kappa shape index (κ2) is 8.19. The van der Waals surface area contributed by atoms with Crippen LogP contribution in [0.3, 0.4) is 0 Å². The van der Waals surface area contributed by atoms with Gasteiger partial charge < -0.3 is 24.9 Å². The van der Waals surface area contributed by atoms with Gasteiger partial charge in [0.1, 0.15) is 23.7 Å². The molecule has 0 radical (unpaired) electrons. The van der Waals surface area contributed by atoms with E-state index in [0.717, 1.165) is 5.76 Å². The molecule has 3 N–H and O–H groups in total. The van der Waals surface area contributed by atoms with Crippen LogP contribution in [0.4, 0.5) is 4.79 Å². The summed E-state index contributed by atoms with van der Waals surface area (Å²) in [5, 5.41) is 15.1. The molecule has 0 saturated heterocycles. The van der Waals surface area contributed by atoms with E-state index >= 15 is 0 Å². The van der Waals surface area contributed by atoms with Crippen molar-refractivity contribution in [3.8, 4) is 0 Å². The molecule has 1 atom stereocenters. The Kier molecular flexibility index (Phi) is 6.90. The topological polar surface area (TPSA) is 83.7 Å². The second-order valence-electron chi connectivity index (χ2n) is 6.65. The minimum absolute atomic E-state index is 0.0397. The van der Waals surface area contributed by atoms with E-state index in [1.54, 1.807) is 6.07 Å². The number of alkyl carbamates (subject to hydrolysis) is 1. The summed E-state index contributed by atoms with van der Waals surface area (Å²) >= 11 is 0. The molecule has 0 saturated carbocycles. The lowest BCUT2D eigenvalue weighted by Crippen LogP contribution is -2.46. The highest BCUT2D eigenvalue weighted by atomic mass is 16.6. The van der Waals surface area contributed by atoms with E-state index in [-0.39, 0.29) is 18.6 Å². The van der Waals surface area contributed by atoms with Gasteiger partial charge in [-0.3, -0.25) is 0 Å². The first-order valence-corrected chi connectivity index (χ1v) is 7.60. The molecule has 0 aromatic carbocycles. The van der Waals surface area contributed by atoms with Crippen LogP contribution in [0.1, 0.15) is 46.1 Å². The highest BCUT2D eigenvalue weighted by Gasteiger charge is 2.21. The van der Waals surface area contributed by atoms with Crippen LogP contribution in [0, 0.1) is 5.92 Å². The highest BCUT2D eigenvalue weighted by Crippen LogP contribution is 2.09. The molecule has 0 aliphatic carbocycles. The second-order valence-corrected chi connectivity index (χ2v) is 6.65. The van der Waals surface area contributed by atoms with Crippen molar-refractivity contribution in [2.24, 2.45) is 5.92 Å². The summed E-state index contributed by atoms with van der Waals surface area (Å²) in [7, 11) is 0. The number of aliphatic hydroxyl groups excluding tert-OH is 1. The summed E-state index contributed by atoms with van der Waals surface area (Å²) in [6.07, 6.45) is -0.409. The molecule has 1 aromatic rings. The molecule has 6 heteroatoms. The Labute approximate surface area is 132 Å². The van der Waals surface area contributed by atoms with Crippen molar-refractivity contribution in [2.75, 3.05) is 6.54 Å².